The molecule has 0 radical (unpaired) electrons. The highest BCUT2D eigenvalue weighted by Gasteiger charge is 2.47. The third-order valence-electron chi connectivity index (χ3n) is 16.8. The monoisotopic (exact) mass is 1060 g/mol. The van der Waals surface area contributed by atoms with E-state index in [0.717, 1.165) is 106 Å². The maximum atomic E-state index is 7.28. The van der Waals surface area contributed by atoms with Crippen LogP contribution in [0.3, 0.4) is 0 Å². The van der Waals surface area contributed by atoms with Crippen LogP contribution in [-0.2, 0) is 0 Å². The van der Waals surface area contributed by atoms with E-state index in [1.807, 2.05) is 0 Å². The zero-order chi connectivity index (χ0) is 54.8. The lowest BCUT2D eigenvalue weighted by atomic mass is 9.43. The zero-order valence-corrected chi connectivity index (χ0v) is 45.3. The Bertz CT molecular complexity index is 4640. The summed E-state index contributed by atoms with van der Waals surface area (Å²) in [7, 11) is 0. The van der Waals surface area contributed by atoms with Crippen LogP contribution in [0.4, 0.5) is 45.5 Å². The highest BCUT2D eigenvalue weighted by molar-refractivity contribution is 6.94. The summed E-state index contributed by atoms with van der Waals surface area (Å²) >= 11 is 0. The number of anilines is 8. The molecular weight excluding hydrogens is 1010 g/mol. The van der Waals surface area contributed by atoms with Crippen molar-refractivity contribution in [3.05, 3.63) is 315 Å². The zero-order valence-electron chi connectivity index (χ0n) is 45.3. The van der Waals surface area contributed by atoms with E-state index < -0.39 is 0 Å². The van der Waals surface area contributed by atoms with Gasteiger partial charge in [0.1, 0.15) is 5.58 Å². The fraction of sp³-hybridized carbons (Fsp3) is 0. The summed E-state index contributed by atoms with van der Waals surface area (Å²) in [5.74, 6) is 0. The minimum Gasteiger partial charge on any atom is -0.454 e. The van der Waals surface area contributed by atoms with Crippen molar-refractivity contribution in [2.24, 2.45) is 0 Å². The van der Waals surface area contributed by atoms with Crippen LogP contribution >= 0.6 is 0 Å². The highest BCUT2D eigenvalue weighted by atomic mass is 16.3. The lowest BCUT2D eigenvalue weighted by Crippen LogP contribution is -2.61. The number of nitrogens with zero attached hydrogens (tertiary/aromatic N) is 3. The van der Waals surface area contributed by atoms with Gasteiger partial charge in [-0.25, -0.2) is 0 Å². The van der Waals surface area contributed by atoms with E-state index in [-0.39, 0.29) is 6.85 Å². The van der Waals surface area contributed by atoms with Crippen molar-refractivity contribution < 1.29 is 4.42 Å². The molecule has 13 aromatic carbocycles. The molecule has 0 N–H and O–H groups in total. The third kappa shape index (κ3) is 8.32. The number of fused-ring (bicyclic) bond motifs is 8. The van der Waals surface area contributed by atoms with Gasteiger partial charge in [0.15, 0.2) is 5.58 Å². The van der Waals surface area contributed by atoms with Crippen molar-refractivity contribution >= 4 is 85.2 Å². The Morgan fingerprint density at radius 3 is 1.31 bits per heavy atom. The van der Waals surface area contributed by atoms with Gasteiger partial charge in [-0.3, -0.25) is 0 Å². The summed E-state index contributed by atoms with van der Waals surface area (Å²) in [6.45, 7) is -0.302. The third-order valence-corrected chi connectivity index (χ3v) is 16.8. The van der Waals surface area contributed by atoms with Crippen LogP contribution < -0.4 is 25.5 Å². The first-order valence-electron chi connectivity index (χ1n) is 28.5. The van der Waals surface area contributed by atoms with Gasteiger partial charge in [0.2, 0.25) is 0 Å². The minimum atomic E-state index is -0.302. The van der Waals surface area contributed by atoms with Crippen LogP contribution in [0.2, 0.25) is 0 Å². The van der Waals surface area contributed by atoms with Gasteiger partial charge in [-0.2, -0.15) is 0 Å². The second kappa shape index (κ2) is 20.0. The van der Waals surface area contributed by atoms with Gasteiger partial charge in [0.25, 0.3) is 0 Å². The highest BCUT2D eigenvalue weighted by Crippen LogP contribution is 2.53. The normalized spacial score (nSPS) is 12.3. The van der Waals surface area contributed by atoms with Crippen LogP contribution in [0.25, 0.3) is 88.7 Å². The van der Waals surface area contributed by atoms with E-state index in [1.165, 1.54) is 38.7 Å². The molecule has 14 aromatic rings. The van der Waals surface area contributed by atoms with Gasteiger partial charge in [-0.05, 0) is 151 Å². The van der Waals surface area contributed by atoms with Crippen molar-refractivity contribution in [1.82, 2.24) is 0 Å². The van der Waals surface area contributed by atoms with Gasteiger partial charge in [0.05, 0.1) is 5.69 Å². The fourth-order valence-electron chi connectivity index (χ4n) is 12.9. The van der Waals surface area contributed by atoms with E-state index in [2.05, 4.69) is 330 Å². The van der Waals surface area contributed by atoms with Gasteiger partial charge >= 0.3 is 6.85 Å². The molecule has 2 aliphatic rings. The van der Waals surface area contributed by atoms with Crippen LogP contribution in [0.1, 0.15) is 0 Å². The number of para-hydroxylation sites is 1. The number of hydrogen-bond donors (Lipinski definition) is 0. The Morgan fingerprint density at radius 2 is 0.747 bits per heavy atom. The fourth-order valence-corrected chi connectivity index (χ4v) is 12.9. The lowest BCUT2D eigenvalue weighted by Gasteiger charge is -2.46. The molecule has 0 spiro atoms. The molecular formula is C78H52BN3O. The Labute approximate surface area is 483 Å². The molecule has 5 heteroatoms. The maximum Gasteiger partial charge on any atom is 0.333 e. The van der Waals surface area contributed by atoms with Crippen molar-refractivity contribution in [3.8, 4) is 66.8 Å². The molecule has 0 amide bonds. The summed E-state index contributed by atoms with van der Waals surface area (Å²) in [6.07, 6.45) is 0. The molecule has 4 nitrogen and oxygen atoms in total. The number of furan rings is 1. The van der Waals surface area contributed by atoms with Gasteiger partial charge in [-0.15, -0.1) is 0 Å². The second-order valence-corrected chi connectivity index (χ2v) is 21.6. The standard InChI is InChI=1S/C78H52BN3O/c1-6-20-53(21-7-1)58-36-41-63(42-37-58)80(64-43-38-59(39-44-64)54-22-8-2-9-23-54)66-45-46-68-70-52-71-69-34-16-17-35-75(69)83-78(71)77-76(70)79(82(73(68)51-66)67-33-19-31-61(49-67)56-26-12-4-13-27-56)72-47-40-62(57-28-14-5-15-29-57)50-74(72)81(77)65-32-18-30-60(48-65)55-24-10-3-11-25-55/h1-52H. The van der Waals surface area contributed by atoms with Crippen molar-refractivity contribution in [2.45, 2.75) is 0 Å². The molecule has 1 aromatic heterocycles. The Hall–Kier alpha value is -10.9. The van der Waals surface area contributed by atoms with Gasteiger partial charge in [-0.1, -0.05) is 237 Å². The van der Waals surface area contributed by atoms with Gasteiger partial charge in [0, 0.05) is 56.1 Å². The molecule has 0 fully saturated rings. The summed E-state index contributed by atoms with van der Waals surface area (Å²) < 4.78 is 7.28. The van der Waals surface area contributed by atoms with E-state index in [9.17, 15) is 0 Å². The smallest absolute Gasteiger partial charge is 0.333 e. The topological polar surface area (TPSA) is 22.9 Å². The van der Waals surface area contributed by atoms with Crippen LogP contribution in [0.15, 0.2) is 320 Å². The average Bonchev–Trinajstić information content (AvgIpc) is 3.98. The first-order valence-corrected chi connectivity index (χ1v) is 28.5. The first-order chi connectivity index (χ1) is 41.2. The summed E-state index contributed by atoms with van der Waals surface area (Å²) in [5.41, 5.74) is 26.5. The van der Waals surface area contributed by atoms with Crippen molar-refractivity contribution in [1.29, 1.82) is 0 Å². The van der Waals surface area contributed by atoms with E-state index in [1.54, 1.807) is 0 Å². The van der Waals surface area contributed by atoms with Crippen LogP contribution in [0, 0.1) is 0 Å². The number of hydrogen-bond acceptors (Lipinski definition) is 4. The SMILES string of the molecule is c1ccc(-c2ccc(N(c3ccc(-c4ccccc4)cc3)c3ccc4c(c3)N(c3cccc(-c5ccccc5)c3)B3c5ccc(-c6ccccc6)cc5N(c5cccc(-c6ccccc6)c5)c5c3c-4cc3c5oc4ccccc43)cc2)cc1. The molecule has 2 aliphatic heterocycles. The number of rotatable bonds is 10. The van der Waals surface area contributed by atoms with Crippen LogP contribution in [-0.4, -0.2) is 6.85 Å². The molecule has 16 rings (SSSR count). The molecule has 0 aliphatic carbocycles. The van der Waals surface area contributed by atoms with E-state index >= 15 is 0 Å². The van der Waals surface area contributed by atoms with E-state index in [0.29, 0.717) is 0 Å². The maximum absolute atomic E-state index is 7.28. The van der Waals surface area contributed by atoms with Crippen LogP contribution in [0.5, 0.6) is 0 Å². The minimum absolute atomic E-state index is 0.302. The predicted molar refractivity (Wildman–Crippen MR) is 349 cm³/mol. The average molecular weight is 1060 g/mol. The first kappa shape index (κ1) is 48.1. The molecule has 388 valence electrons. The summed E-state index contributed by atoms with van der Waals surface area (Å²) in [6, 6.07) is 115. The Kier molecular flexibility index (Phi) is 11.6. The Morgan fingerprint density at radius 1 is 0.301 bits per heavy atom. The molecule has 0 unspecified atom stereocenters. The molecule has 0 saturated heterocycles. The molecule has 0 saturated carbocycles. The largest absolute Gasteiger partial charge is 0.454 e. The quantitative estimate of drug-likeness (QED) is 0.127. The molecule has 3 heterocycles. The number of benzene rings is 13. The second-order valence-electron chi connectivity index (χ2n) is 21.6. The summed E-state index contributed by atoms with van der Waals surface area (Å²) in [5, 5.41) is 2.16. The summed E-state index contributed by atoms with van der Waals surface area (Å²) in [4.78, 5) is 7.55. The lowest BCUT2D eigenvalue weighted by molar-refractivity contribution is 0.669. The predicted octanol–water partition coefficient (Wildman–Crippen LogP) is 20.1. The van der Waals surface area contributed by atoms with E-state index in [4.69, 9.17) is 4.42 Å². The molecule has 0 bridgehead atoms. The Balaban J connectivity index is 0.986. The molecule has 83 heavy (non-hydrogen) atoms. The van der Waals surface area contributed by atoms with Gasteiger partial charge < -0.3 is 19.0 Å². The molecule has 0 atom stereocenters. The van der Waals surface area contributed by atoms with Crippen molar-refractivity contribution in [3.63, 3.8) is 0 Å². The van der Waals surface area contributed by atoms with Crippen molar-refractivity contribution in [2.75, 3.05) is 14.6 Å².